The van der Waals surface area contributed by atoms with Gasteiger partial charge in [0.25, 0.3) is 0 Å². The van der Waals surface area contributed by atoms with Crippen molar-refractivity contribution < 1.29 is 29.8 Å². The number of hydrogen-bond acceptors (Lipinski definition) is 8. The number of rotatable bonds is 17. The van der Waals surface area contributed by atoms with Gasteiger partial charge in [-0.05, 0) is 72.3 Å². The van der Waals surface area contributed by atoms with Crippen LogP contribution < -0.4 is 10.5 Å². The van der Waals surface area contributed by atoms with E-state index in [2.05, 4.69) is 10.5 Å². The van der Waals surface area contributed by atoms with Crippen LogP contribution in [0.4, 0.5) is 4.79 Å². The molecule has 1 unspecified atom stereocenters. The van der Waals surface area contributed by atoms with Crippen molar-refractivity contribution in [3.05, 3.63) is 0 Å². The van der Waals surface area contributed by atoms with Crippen molar-refractivity contribution in [1.82, 2.24) is 20.2 Å². The van der Waals surface area contributed by atoms with Crippen LogP contribution in [0.2, 0.25) is 20.5 Å². The Bertz CT molecular complexity index is 476. The van der Waals surface area contributed by atoms with Crippen LogP contribution in [-0.2, 0) is 4.79 Å². The van der Waals surface area contributed by atoms with Gasteiger partial charge in [-0.1, -0.05) is 0 Å². The van der Waals surface area contributed by atoms with E-state index in [4.69, 9.17) is 7.85 Å². The van der Waals surface area contributed by atoms with Gasteiger partial charge in [-0.3, -0.25) is 4.79 Å². The van der Waals surface area contributed by atoms with E-state index in [1.807, 2.05) is 4.81 Å². The summed E-state index contributed by atoms with van der Waals surface area (Å²) >= 11 is 0. The van der Waals surface area contributed by atoms with E-state index in [-0.39, 0.29) is 13.0 Å². The van der Waals surface area contributed by atoms with E-state index >= 15 is 0 Å². The van der Waals surface area contributed by atoms with E-state index in [1.165, 1.54) is 0 Å². The summed E-state index contributed by atoms with van der Waals surface area (Å²) in [5, 5.41) is 43.5. The van der Waals surface area contributed by atoms with Gasteiger partial charge in [-0.2, -0.15) is 0 Å². The molecule has 0 aliphatic heterocycles. The highest BCUT2D eigenvalue weighted by molar-refractivity contribution is 6.57. The number of nitrogens with zero attached hydrogens (tertiary/aromatic N) is 2. The number of amides is 1. The molecule has 0 spiro atoms. The SMILES string of the molecule is [B]C(=O)N(CCCNB(C)O)C(CCCN(CCCNB(C)O)B(C)O)C(=O)O. The first-order chi connectivity index (χ1) is 13.6. The Morgan fingerprint density at radius 3 is 1.83 bits per heavy atom. The van der Waals surface area contributed by atoms with Crippen molar-refractivity contribution >= 4 is 40.8 Å². The summed E-state index contributed by atoms with van der Waals surface area (Å²) in [4.78, 5) is 26.4. The molecule has 0 fully saturated rings. The minimum atomic E-state index is -1.13. The van der Waals surface area contributed by atoms with Gasteiger partial charge in [0.05, 0.1) is 0 Å². The molecule has 0 rings (SSSR count). The van der Waals surface area contributed by atoms with Gasteiger partial charge >= 0.3 is 27.1 Å². The molecule has 6 N–H and O–H groups in total. The number of carbonyl (C=O) groups is 2. The first kappa shape index (κ1) is 28.0. The molecule has 2 radical (unpaired) electrons. The summed E-state index contributed by atoms with van der Waals surface area (Å²) in [5.74, 6) is -1.93. The Labute approximate surface area is 176 Å². The average Bonchev–Trinajstić information content (AvgIpc) is 2.60. The van der Waals surface area contributed by atoms with E-state index in [1.54, 1.807) is 20.5 Å². The highest BCUT2D eigenvalue weighted by atomic mass is 16.4. The van der Waals surface area contributed by atoms with Gasteiger partial charge in [0.15, 0.2) is 5.81 Å². The molecule has 0 saturated carbocycles. The molecule has 0 saturated heterocycles. The number of carboxylic acids is 1. The van der Waals surface area contributed by atoms with Crippen molar-refractivity contribution in [2.45, 2.75) is 52.2 Å². The quantitative estimate of drug-likeness (QED) is 0.123. The van der Waals surface area contributed by atoms with Gasteiger partial charge in [0, 0.05) is 6.54 Å². The van der Waals surface area contributed by atoms with E-state index in [0.29, 0.717) is 45.4 Å². The van der Waals surface area contributed by atoms with E-state index in [9.17, 15) is 29.8 Å². The molecule has 10 nitrogen and oxygen atoms in total. The molecule has 0 aromatic heterocycles. The Kier molecular flexibility index (Phi) is 15.2. The van der Waals surface area contributed by atoms with Crippen LogP contribution in [0.5, 0.6) is 0 Å². The fourth-order valence-corrected chi connectivity index (χ4v) is 2.96. The van der Waals surface area contributed by atoms with Crippen LogP contribution in [0.3, 0.4) is 0 Å². The summed E-state index contributed by atoms with van der Waals surface area (Å²) < 4.78 is 0. The lowest BCUT2D eigenvalue weighted by Gasteiger charge is -2.30. The first-order valence-corrected chi connectivity index (χ1v) is 10.1. The third-order valence-corrected chi connectivity index (χ3v) is 4.47. The standard InChI is InChI=1S/C15H34B4N4O6/c1-17(27)20-8-5-11-22(19(3)29)10-4-7-13(14(24)25)23(15(16)26)12-6-9-21-18(2)28/h13,20-21,27-29H,4-12H2,1-3H3,(H,24,25). The van der Waals surface area contributed by atoms with Crippen molar-refractivity contribution in [2.24, 2.45) is 0 Å². The summed E-state index contributed by atoms with van der Waals surface area (Å²) in [6, 6.07) is -1.05. The third-order valence-electron chi connectivity index (χ3n) is 4.47. The molecular formula is C15H34B4N4O6. The largest absolute Gasteiger partial charge is 0.480 e. The zero-order chi connectivity index (χ0) is 22.4. The number of hydrogen-bond donors (Lipinski definition) is 6. The van der Waals surface area contributed by atoms with Crippen LogP contribution in [0.15, 0.2) is 0 Å². The van der Waals surface area contributed by atoms with Crippen molar-refractivity contribution in [1.29, 1.82) is 0 Å². The summed E-state index contributed by atoms with van der Waals surface area (Å²) in [7, 11) is 3.41. The van der Waals surface area contributed by atoms with Crippen LogP contribution >= 0.6 is 0 Å². The second-order valence-electron chi connectivity index (χ2n) is 7.16. The van der Waals surface area contributed by atoms with Gasteiger partial charge < -0.3 is 40.3 Å². The average molecular weight is 410 g/mol. The smallest absolute Gasteiger partial charge is 0.376 e. The van der Waals surface area contributed by atoms with Crippen molar-refractivity contribution in [3.63, 3.8) is 0 Å². The predicted octanol–water partition coefficient (Wildman–Crippen LogP) is -1.60. The van der Waals surface area contributed by atoms with Gasteiger partial charge in [0.1, 0.15) is 6.04 Å². The van der Waals surface area contributed by atoms with Crippen LogP contribution in [0.25, 0.3) is 0 Å². The molecule has 1 atom stereocenters. The number of aliphatic carboxylic acids is 1. The second kappa shape index (κ2) is 15.8. The molecule has 0 bridgehead atoms. The zero-order valence-electron chi connectivity index (χ0n) is 17.8. The van der Waals surface area contributed by atoms with E-state index < -0.39 is 39.0 Å². The molecule has 1 amide bonds. The lowest BCUT2D eigenvalue weighted by molar-refractivity contribution is -0.142. The van der Waals surface area contributed by atoms with Gasteiger partial charge in [-0.25, -0.2) is 4.79 Å². The highest BCUT2D eigenvalue weighted by Gasteiger charge is 2.27. The highest BCUT2D eigenvalue weighted by Crippen LogP contribution is 2.11. The van der Waals surface area contributed by atoms with Crippen molar-refractivity contribution in [2.75, 3.05) is 32.7 Å². The molecule has 0 aliphatic rings. The number of nitrogens with one attached hydrogen (secondary N) is 2. The maximum absolute atomic E-state index is 11.7. The molecule has 0 heterocycles. The molecule has 0 aromatic carbocycles. The second-order valence-corrected chi connectivity index (χ2v) is 7.16. The van der Waals surface area contributed by atoms with Gasteiger partial charge in [-0.15, -0.1) is 0 Å². The Morgan fingerprint density at radius 2 is 1.41 bits per heavy atom. The Hall–Kier alpha value is -1.04. The Balaban J connectivity index is 4.61. The lowest BCUT2D eigenvalue weighted by Crippen LogP contribution is -2.47. The predicted molar refractivity (Wildman–Crippen MR) is 117 cm³/mol. The topological polar surface area (TPSA) is 146 Å². The fraction of sp³-hybridized carbons (Fsp3) is 0.867. The minimum absolute atomic E-state index is 0.164. The minimum Gasteiger partial charge on any atom is -0.480 e. The van der Waals surface area contributed by atoms with Crippen LogP contribution in [0, 0.1) is 0 Å². The molecule has 29 heavy (non-hydrogen) atoms. The molecule has 0 aromatic rings. The normalized spacial score (nSPS) is 12.0. The molecular weight excluding hydrogens is 375 g/mol. The zero-order valence-corrected chi connectivity index (χ0v) is 17.8. The number of carboxylic acid groups (broad SMARTS) is 1. The lowest BCUT2D eigenvalue weighted by atomic mass is 9.84. The van der Waals surface area contributed by atoms with Gasteiger partial charge in [0.2, 0.25) is 7.85 Å². The Morgan fingerprint density at radius 1 is 0.931 bits per heavy atom. The van der Waals surface area contributed by atoms with Crippen LogP contribution in [0.1, 0.15) is 25.7 Å². The molecule has 162 valence electrons. The monoisotopic (exact) mass is 410 g/mol. The maximum Gasteiger partial charge on any atom is 0.376 e. The first-order valence-electron chi connectivity index (χ1n) is 10.1. The molecule has 0 aliphatic carbocycles. The number of carbonyl (C=O) groups excluding carboxylic acids is 1. The summed E-state index contributed by atoms with van der Waals surface area (Å²) in [5.41, 5.74) is 0. The maximum atomic E-state index is 11.7. The summed E-state index contributed by atoms with van der Waals surface area (Å²) in [6.45, 7) is 7.06. The van der Waals surface area contributed by atoms with Crippen LogP contribution in [-0.4, -0.2) is 109 Å². The van der Waals surface area contributed by atoms with Crippen molar-refractivity contribution in [3.8, 4) is 0 Å². The summed E-state index contributed by atoms with van der Waals surface area (Å²) in [6.07, 6.45) is 1.83. The molecule has 14 heteroatoms. The third kappa shape index (κ3) is 13.7. The van der Waals surface area contributed by atoms with E-state index in [0.717, 1.165) is 4.90 Å². The fourth-order valence-electron chi connectivity index (χ4n) is 2.96.